The Morgan fingerprint density at radius 2 is 2.06 bits per heavy atom. The molecule has 2 fully saturated rings. The summed E-state index contributed by atoms with van der Waals surface area (Å²) in [5.41, 5.74) is 1.24. The van der Waals surface area contributed by atoms with Crippen molar-refractivity contribution in [2.45, 2.75) is 38.2 Å². The summed E-state index contributed by atoms with van der Waals surface area (Å²) in [7, 11) is 0. The fourth-order valence-corrected chi connectivity index (χ4v) is 5.42. The highest BCUT2D eigenvalue weighted by molar-refractivity contribution is 6.34. The second-order valence-electron chi connectivity index (χ2n) is 8.77. The molecule has 1 aromatic carbocycles. The van der Waals surface area contributed by atoms with Crippen LogP contribution >= 0.6 is 23.2 Å². The number of rotatable bonds is 6. The number of aryl methyl sites for hydroxylation is 1. The summed E-state index contributed by atoms with van der Waals surface area (Å²) < 4.78 is 11.9. The van der Waals surface area contributed by atoms with Crippen molar-refractivity contribution in [2.75, 3.05) is 26.2 Å². The lowest BCUT2D eigenvalue weighted by Crippen LogP contribution is -2.64. The standard InChI is InChI=1S/C22H23Cl2N3O4/c23-15-3-4-17(20-18(15)16(28)5-7-30-20)31-14-8-22(9-14)11-27(12-22)6-1-2-13-10-25-26-21(29)19(13)24/h3-4,10,14H,1-2,5-9,11-12H2,(H,26,29). The van der Waals surface area contributed by atoms with Crippen LogP contribution < -0.4 is 15.0 Å². The first kappa shape index (κ1) is 20.8. The summed E-state index contributed by atoms with van der Waals surface area (Å²) in [5, 5.41) is 6.82. The summed E-state index contributed by atoms with van der Waals surface area (Å²) in [6.07, 6.45) is 5.78. The number of H-pyrrole nitrogens is 1. The molecule has 9 heteroatoms. The third-order valence-corrected chi connectivity index (χ3v) is 7.18. The van der Waals surface area contributed by atoms with Gasteiger partial charge >= 0.3 is 0 Å². The van der Waals surface area contributed by atoms with E-state index in [1.54, 1.807) is 18.3 Å². The summed E-state index contributed by atoms with van der Waals surface area (Å²) in [5.74, 6) is 1.12. The van der Waals surface area contributed by atoms with Crippen LogP contribution in [0, 0.1) is 5.41 Å². The number of ketones is 1. The topological polar surface area (TPSA) is 84.5 Å². The molecule has 0 amide bonds. The van der Waals surface area contributed by atoms with Crippen molar-refractivity contribution in [3.63, 3.8) is 0 Å². The summed E-state index contributed by atoms with van der Waals surface area (Å²) >= 11 is 12.2. The smallest absolute Gasteiger partial charge is 0.283 e. The van der Waals surface area contributed by atoms with E-state index < -0.39 is 0 Å². The highest BCUT2D eigenvalue weighted by Gasteiger charge is 2.53. The van der Waals surface area contributed by atoms with Gasteiger partial charge in [-0.25, -0.2) is 5.10 Å². The molecule has 1 aliphatic carbocycles. The summed E-state index contributed by atoms with van der Waals surface area (Å²) in [6.45, 7) is 3.45. The van der Waals surface area contributed by atoms with Gasteiger partial charge in [-0.1, -0.05) is 23.2 Å². The summed E-state index contributed by atoms with van der Waals surface area (Å²) in [6, 6.07) is 3.51. The molecule has 0 radical (unpaired) electrons. The highest BCUT2D eigenvalue weighted by atomic mass is 35.5. The van der Waals surface area contributed by atoms with Crippen molar-refractivity contribution in [3.8, 4) is 11.5 Å². The van der Waals surface area contributed by atoms with E-state index in [0.717, 1.165) is 50.9 Å². The highest BCUT2D eigenvalue weighted by Crippen LogP contribution is 2.51. The third kappa shape index (κ3) is 3.95. The number of benzene rings is 1. The number of halogens is 2. The minimum Gasteiger partial charge on any atom is -0.488 e. The van der Waals surface area contributed by atoms with Crippen LogP contribution in [0.15, 0.2) is 23.1 Å². The average molecular weight is 464 g/mol. The Bertz CT molecular complexity index is 1070. The molecule has 164 valence electrons. The molecule has 3 aliphatic rings. The molecule has 7 nitrogen and oxygen atoms in total. The molecule has 31 heavy (non-hydrogen) atoms. The summed E-state index contributed by atoms with van der Waals surface area (Å²) in [4.78, 5) is 26.1. The molecule has 3 heterocycles. The molecular formula is C22H23Cl2N3O4. The molecule has 1 spiro atoms. The monoisotopic (exact) mass is 463 g/mol. The Kier molecular flexibility index (Phi) is 5.44. The number of hydrogen-bond acceptors (Lipinski definition) is 6. The van der Waals surface area contributed by atoms with Crippen LogP contribution in [0.3, 0.4) is 0 Å². The molecule has 1 N–H and O–H groups in total. The van der Waals surface area contributed by atoms with Gasteiger partial charge in [0.15, 0.2) is 17.3 Å². The van der Waals surface area contributed by atoms with Crippen molar-refractivity contribution < 1.29 is 14.3 Å². The lowest BCUT2D eigenvalue weighted by Gasteiger charge is -2.58. The second-order valence-corrected chi connectivity index (χ2v) is 9.56. The van der Waals surface area contributed by atoms with E-state index in [1.807, 2.05) is 0 Å². The van der Waals surface area contributed by atoms with E-state index in [2.05, 4.69) is 15.1 Å². The average Bonchev–Trinajstić information content (AvgIpc) is 2.69. The van der Waals surface area contributed by atoms with Crippen LogP contribution in [-0.2, 0) is 6.42 Å². The van der Waals surface area contributed by atoms with Gasteiger partial charge in [0, 0.05) is 24.9 Å². The van der Waals surface area contributed by atoms with Gasteiger partial charge in [-0.3, -0.25) is 9.59 Å². The van der Waals surface area contributed by atoms with Gasteiger partial charge in [-0.05, 0) is 49.9 Å². The SMILES string of the molecule is O=C1CCOc2c(OC3CC4(C3)CN(CCCc3cn[nH]c(=O)c3Cl)C4)ccc(Cl)c21. The number of carbonyl (C=O) groups is 1. The first-order valence-corrected chi connectivity index (χ1v) is 11.3. The molecule has 0 bridgehead atoms. The van der Waals surface area contributed by atoms with Gasteiger partial charge in [0.05, 0.1) is 23.4 Å². The number of aromatic nitrogens is 2. The van der Waals surface area contributed by atoms with Crippen molar-refractivity contribution in [1.29, 1.82) is 0 Å². The van der Waals surface area contributed by atoms with Crippen molar-refractivity contribution in [1.82, 2.24) is 15.1 Å². The number of nitrogens with zero attached hydrogens (tertiary/aromatic N) is 2. The van der Waals surface area contributed by atoms with E-state index in [1.165, 1.54) is 0 Å². The Hall–Kier alpha value is -2.09. The lowest BCUT2D eigenvalue weighted by molar-refractivity contribution is -0.119. The Morgan fingerprint density at radius 1 is 1.26 bits per heavy atom. The fourth-order valence-electron chi connectivity index (χ4n) is 4.98. The van der Waals surface area contributed by atoms with Crippen LogP contribution in [0.1, 0.15) is 41.6 Å². The van der Waals surface area contributed by atoms with E-state index in [9.17, 15) is 9.59 Å². The largest absolute Gasteiger partial charge is 0.488 e. The van der Waals surface area contributed by atoms with Gasteiger partial charge in [-0.2, -0.15) is 5.10 Å². The number of Topliss-reactive ketones (excluding diaryl/α,β-unsaturated/α-hetero) is 1. The minimum absolute atomic E-state index is 0.00796. The van der Waals surface area contributed by atoms with E-state index >= 15 is 0 Å². The Balaban J connectivity index is 1.10. The van der Waals surface area contributed by atoms with Gasteiger partial charge in [0.25, 0.3) is 5.56 Å². The number of aromatic amines is 1. The molecule has 5 rings (SSSR count). The molecule has 0 atom stereocenters. The van der Waals surface area contributed by atoms with Gasteiger partial charge in [-0.15, -0.1) is 0 Å². The maximum absolute atomic E-state index is 12.2. The molecule has 2 aliphatic heterocycles. The first-order chi connectivity index (χ1) is 14.9. The van der Waals surface area contributed by atoms with E-state index in [-0.39, 0.29) is 22.5 Å². The predicted octanol–water partition coefficient (Wildman–Crippen LogP) is 3.52. The first-order valence-electron chi connectivity index (χ1n) is 10.5. The van der Waals surface area contributed by atoms with E-state index in [0.29, 0.717) is 40.5 Å². The maximum Gasteiger partial charge on any atom is 0.283 e. The zero-order valence-corrected chi connectivity index (χ0v) is 18.5. The molecule has 0 unspecified atom stereocenters. The van der Waals surface area contributed by atoms with Crippen LogP contribution in [0.4, 0.5) is 0 Å². The van der Waals surface area contributed by atoms with Crippen molar-refractivity contribution in [3.05, 3.63) is 49.9 Å². The number of likely N-dealkylation sites (tertiary alicyclic amines) is 1. The fraction of sp³-hybridized carbons (Fsp3) is 0.500. The van der Waals surface area contributed by atoms with Crippen molar-refractivity contribution >= 4 is 29.0 Å². The van der Waals surface area contributed by atoms with Crippen LogP contribution in [0.2, 0.25) is 10.0 Å². The lowest BCUT2D eigenvalue weighted by atomic mass is 9.61. The number of ether oxygens (including phenoxy) is 2. The van der Waals surface area contributed by atoms with Crippen LogP contribution in [0.5, 0.6) is 11.5 Å². The quantitative estimate of drug-likeness (QED) is 0.705. The second kappa shape index (κ2) is 8.11. The van der Waals surface area contributed by atoms with Gasteiger partial charge in [0.2, 0.25) is 0 Å². The van der Waals surface area contributed by atoms with E-state index in [4.69, 9.17) is 32.7 Å². The molecule has 1 saturated heterocycles. The number of hydrogen-bond donors (Lipinski definition) is 1. The van der Waals surface area contributed by atoms with Crippen LogP contribution in [-0.4, -0.2) is 53.2 Å². The Labute approximate surface area is 189 Å². The number of carbonyl (C=O) groups excluding carboxylic acids is 1. The molecule has 2 aromatic rings. The minimum atomic E-state index is -0.334. The van der Waals surface area contributed by atoms with Gasteiger partial charge < -0.3 is 14.4 Å². The van der Waals surface area contributed by atoms with Crippen LogP contribution in [0.25, 0.3) is 0 Å². The predicted molar refractivity (Wildman–Crippen MR) is 117 cm³/mol. The number of fused-ring (bicyclic) bond motifs is 1. The Morgan fingerprint density at radius 3 is 2.87 bits per heavy atom. The zero-order valence-electron chi connectivity index (χ0n) is 17.0. The third-order valence-electron chi connectivity index (χ3n) is 6.45. The van der Waals surface area contributed by atoms with Crippen molar-refractivity contribution in [2.24, 2.45) is 5.41 Å². The molecule has 1 saturated carbocycles. The number of nitrogens with one attached hydrogen (secondary N) is 1. The van der Waals surface area contributed by atoms with Gasteiger partial charge in [0.1, 0.15) is 11.1 Å². The maximum atomic E-state index is 12.2. The molecular weight excluding hydrogens is 441 g/mol. The normalized spacial score (nSPS) is 20.0. The zero-order chi connectivity index (χ0) is 21.6. The molecule has 1 aromatic heterocycles.